The lowest BCUT2D eigenvalue weighted by molar-refractivity contribution is -0.207. The lowest BCUT2D eigenvalue weighted by atomic mass is 9.91. The first kappa shape index (κ1) is 47.2. The molecular formula is C38H62N9O12PSi. The molecule has 5 heterocycles. The molecule has 0 unspecified atom stereocenters. The summed E-state index contributed by atoms with van der Waals surface area (Å²) in [5.74, 6) is -0.821. The van der Waals surface area contributed by atoms with Gasteiger partial charge in [0.05, 0.1) is 44.4 Å². The monoisotopic (exact) mass is 895 g/mol. The van der Waals surface area contributed by atoms with Crippen molar-refractivity contribution in [2.24, 2.45) is 0 Å². The predicted molar refractivity (Wildman–Crippen MR) is 222 cm³/mol. The first-order chi connectivity index (χ1) is 28.7. The topological polar surface area (TPSA) is 225 Å². The largest absolute Gasteiger partial charge is 0.443 e. The number of carbonyl (C=O) groups excluding carboxylic acids is 2. The number of aldehydes is 1. The van der Waals surface area contributed by atoms with E-state index in [1.54, 1.807) is 48.5 Å². The molecule has 2 aliphatic heterocycles. The highest BCUT2D eigenvalue weighted by atomic mass is 31.2. The standard InChI is InChI=1S/C38H62N9O12PSi/c1-12-54-60(50,55-13-2)38(23-51-8,19-28-42-44-45(43-28)24-52-17-18-61(9,10)11)53-22-27-30-31(58-37(6,7)57-30)34(56-27)47-33-26(20-39-47)32(40-29(21-48)41-33)46(25-15-14-16-25)35(49)59-36(3,4)5/h20-21,25,27,30-31,34H,12-19,22-24H2,1-11H3/t27-,30-,31-,34-,38-/m1/s1. The Balaban J connectivity index is 1.32. The Bertz CT molecular complexity index is 2030. The van der Waals surface area contributed by atoms with Crippen molar-refractivity contribution >= 4 is 44.9 Å². The Morgan fingerprint density at radius 1 is 1.10 bits per heavy atom. The molecule has 2 saturated heterocycles. The molecule has 0 radical (unpaired) electrons. The summed E-state index contributed by atoms with van der Waals surface area (Å²) < 4.78 is 71.7. The Morgan fingerprint density at radius 2 is 1.80 bits per heavy atom. The predicted octanol–water partition coefficient (Wildman–Crippen LogP) is 5.52. The quantitative estimate of drug-likeness (QED) is 0.0555. The molecule has 3 aliphatic rings. The third-order valence-corrected chi connectivity index (χ3v) is 14.6. The number of amides is 1. The number of hydrogen-bond acceptors (Lipinski definition) is 18. The SMILES string of the molecule is CCOP(=O)(OCC)[C@@](COC)(Cc1nnn(COCC[Si](C)(C)C)n1)OC[C@H]1O[C@@H](n2ncc3c(N(C(=O)OC(C)(C)C)C4CCC4)nc(C=O)nc32)[C@@H]2OC(C)(C)O[C@@H]21. The van der Waals surface area contributed by atoms with E-state index >= 15 is 0 Å². The van der Waals surface area contributed by atoms with Crippen molar-refractivity contribution in [1.29, 1.82) is 0 Å². The zero-order valence-corrected chi connectivity index (χ0v) is 39.1. The van der Waals surface area contributed by atoms with Gasteiger partial charge in [-0.15, -0.1) is 15.0 Å². The molecule has 5 atom stereocenters. The van der Waals surface area contributed by atoms with E-state index in [1.165, 1.54) is 27.7 Å². The molecule has 1 amide bonds. The average Bonchev–Trinajstić information content (AvgIpc) is 3.92. The van der Waals surface area contributed by atoms with Gasteiger partial charge in [0, 0.05) is 27.8 Å². The van der Waals surface area contributed by atoms with E-state index in [9.17, 15) is 14.2 Å². The molecule has 3 aromatic heterocycles. The van der Waals surface area contributed by atoms with Gasteiger partial charge in [0.1, 0.15) is 23.9 Å². The van der Waals surface area contributed by atoms with Crippen molar-refractivity contribution in [1.82, 2.24) is 40.0 Å². The highest BCUT2D eigenvalue weighted by molar-refractivity contribution is 7.55. The minimum atomic E-state index is -4.16. The minimum Gasteiger partial charge on any atom is -0.443 e. The van der Waals surface area contributed by atoms with E-state index in [-0.39, 0.29) is 68.7 Å². The molecule has 6 rings (SSSR count). The second-order valence-electron chi connectivity index (χ2n) is 18.0. The number of ether oxygens (including phenoxy) is 7. The van der Waals surface area contributed by atoms with Gasteiger partial charge in [-0.3, -0.25) is 14.3 Å². The lowest BCUT2D eigenvalue weighted by Gasteiger charge is -2.38. The van der Waals surface area contributed by atoms with Crippen molar-refractivity contribution < 1.29 is 56.4 Å². The van der Waals surface area contributed by atoms with Gasteiger partial charge in [0.15, 0.2) is 53.5 Å². The van der Waals surface area contributed by atoms with Crippen LogP contribution in [0.15, 0.2) is 6.20 Å². The number of aromatic nitrogens is 8. The van der Waals surface area contributed by atoms with Gasteiger partial charge < -0.3 is 42.2 Å². The molecule has 0 aromatic carbocycles. The van der Waals surface area contributed by atoms with Gasteiger partial charge in [0.2, 0.25) is 0 Å². The highest BCUT2D eigenvalue weighted by Gasteiger charge is 2.59. The van der Waals surface area contributed by atoms with Gasteiger partial charge in [-0.25, -0.2) is 19.4 Å². The third kappa shape index (κ3) is 10.7. The number of hydrogen-bond donors (Lipinski definition) is 0. The van der Waals surface area contributed by atoms with Crippen molar-refractivity contribution in [3.63, 3.8) is 0 Å². The van der Waals surface area contributed by atoms with Crippen LogP contribution in [-0.4, -0.2) is 142 Å². The van der Waals surface area contributed by atoms with Gasteiger partial charge in [0.25, 0.3) is 0 Å². The van der Waals surface area contributed by atoms with E-state index in [0.29, 0.717) is 18.3 Å². The van der Waals surface area contributed by atoms with Crippen LogP contribution in [0.4, 0.5) is 10.6 Å². The van der Waals surface area contributed by atoms with Gasteiger partial charge in [-0.1, -0.05) is 19.6 Å². The highest BCUT2D eigenvalue weighted by Crippen LogP contribution is 2.62. The zero-order chi connectivity index (χ0) is 44.4. The molecule has 61 heavy (non-hydrogen) atoms. The second-order valence-corrected chi connectivity index (χ2v) is 26.0. The van der Waals surface area contributed by atoms with E-state index in [0.717, 1.165) is 25.3 Å². The normalized spacial score (nSPS) is 22.9. The third-order valence-electron chi connectivity index (χ3n) is 10.3. The fraction of sp³-hybridized carbons (Fsp3) is 0.789. The van der Waals surface area contributed by atoms with E-state index < -0.39 is 63.0 Å². The average molecular weight is 896 g/mol. The molecule has 340 valence electrons. The molecule has 1 saturated carbocycles. The van der Waals surface area contributed by atoms with Crippen molar-refractivity contribution in [2.45, 2.75) is 154 Å². The van der Waals surface area contributed by atoms with Crippen LogP contribution in [0.25, 0.3) is 11.0 Å². The molecule has 23 heteroatoms. The molecule has 3 aromatic rings. The van der Waals surface area contributed by atoms with Gasteiger partial charge in [-0.05, 0) is 79.0 Å². The lowest BCUT2D eigenvalue weighted by Crippen LogP contribution is -2.47. The molecule has 21 nitrogen and oxygen atoms in total. The van der Waals surface area contributed by atoms with Gasteiger partial charge in [-0.2, -0.15) is 5.10 Å². The van der Waals surface area contributed by atoms with Crippen LogP contribution < -0.4 is 4.90 Å². The molecule has 1 aliphatic carbocycles. The Kier molecular flexibility index (Phi) is 14.5. The number of nitrogens with zero attached hydrogens (tertiary/aromatic N) is 9. The van der Waals surface area contributed by atoms with Crippen molar-refractivity contribution in [3.05, 3.63) is 17.8 Å². The van der Waals surface area contributed by atoms with Crippen LogP contribution in [0.1, 0.15) is 90.4 Å². The summed E-state index contributed by atoms with van der Waals surface area (Å²) >= 11 is 0. The van der Waals surface area contributed by atoms with Crippen LogP contribution in [0.3, 0.4) is 0 Å². The number of tetrazole rings is 1. The second kappa shape index (κ2) is 18.8. The first-order valence-corrected chi connectivity index (χ1v) is 26.1. The molecule has 0 N–H and O–H groups in total. The van der Waals surface area contributed by atoms with Crippen LogP contribution in [0.2, 0.25) is 25.7 Å². The molecule has 0 bridgehead atoms. The Labute approximate surface area is 357 Å². The number of fused-ring (bicyclic) bond motifs is 2. The molecule has 3 fully saturated rings. The van der Waals surface area contributed by atoms with Gasteiger partial charge >= 0.3 is 13.7 Å². The number of carbonyl (C=O) groups is 2. The Morgan fingerprint density at radius 3 is 2.41 bits per heavy atom. The summed E-state index contributed by atoms with van der Waals surface area (Å²) in [6.07, 6.45) is 0.356. The number of methoxy groups -OCH3 is 1. The number of anilines is 1. The van der Waals surface area contributed by atoms with Crippen molar-refractivity contribution in [2.75, 3.05) is 45.0 Å². The van der Waals surface area contributed by atoms with E-state index in [2.05, 4.69) is 50.1 Å². The van der Waals surface area contributed by atoms with Crippen LogP contribution in [0.5, 0.6) is 0 Å². The molecular weight excluding hydrogens is 834 g/mol. The molecule has 0 spiro atoms. The number of rotatable bonds is 21. The maximum Gasteiger partial charge on any atom is 0.416 e. The summed E-state index contributed by atoms with van der Waals surface area (Å²) in [4.78, 5) is 37.9. The fourth-order valence-electron chi connectivity index (χ4n) is 7.35. The zero-order valence-electron chi connectivity index (χ0n) is 37.2. The van der Waals surface area contributed by atoms with Crippen LogP contribution >= 0.6 is 7.60 Å². The maximum absolute atomic E-state index is 14.9. The maximum atomic E-state index is 14.9. The Hall–Kier alpha value is -3.31. The summed E-state index contributed by atoms with van der Waals surface area (Å²) in [6, 6.07) is 0.780. The van der Waals surface area contributed by atoms with Crippen LogP contribution in [-0.2, 0) is 59.9 Å². The summed E-state index contributed by atoms with van der Waals surface area (Å²) in [7, 11) is -4.02. The van der Waals surface area contributed by atoms with E-state index in [1.807, 2.05) is 0 Å². The first-order valence-electron chi connectivity index (χ1n) is 20.8. The minimum absolute atomic E-state index is 0.0418. The summed E-state index contributed by atoms with van der Waals surface area (Å²) in [6.45, 7) is 19.4. The van der Waals surface area contributed by atoms with Crippen molar-refractivity contribution in [3.8, 4) is 0 Å². The smallest absolute Gasteiger partial charge is 0.416 e. The van der Waals surface area contributed by atoms with Crippen LogP contribution in [0, 0.1) is 0 Å². The fourth-order valence-corrected chi connectivity index (χ4v) is 10.2. The summed E-state index contributed by atoms with van der Waals surface area (Å²) in [5, 5.41) is 16.2. The van der Waals surface area contributed by atoms with E-state index in [4.69, 9.17) is 42.2 Å². The summed E-state index contributed by atoms with van der Waals surface area (Å²) in [5.41, 5.74) is -0.557.